The van der Waals surface area contributed by atoms with Crippen LogP contribution in [0.5, 0.6) is 11.5 Å². The molecule has 0 aromatic heterocycles. The maximum atomic E-state index is 11.6. The van der Waals surface area contributed by atoms with Crippen LogP contribution in [0.4, 0.5) is 5.69 Å². The number of anilines is 1. The zero-order valence-electron chi connectivity index (χ0n) is 24.9. The van der Waals surface area contributed by atoms with Crippen molar-refractivity contribution in [2.24, 2.45) is 0 Å². The fourth-order valence-corrected chi connectivity index (χ4v) is 4.75. The number of unbranched alkanes of at least 4 members (excludes halogenated alkanes) is 14. The average molecular weight is 550 g/mol. The highest BCUT2D eigenvalue weighted by atomic mass is 16.5. The van der Waals surface area contributed by atoms with Gasteiger partial charge in [0, 0.05) is 29.9 Å². The topological polar surface area (TPSA) is 96.3 Å². The molecule has 0 radical (unpaired) electrons. The van der Waals surface area contributed by atoms with Gasteiger partial charge >= 0.3 is 11.9 Å². The summed E-state index contributed by atoms with van der Waals surface area (Å²) in [5.74, 6) is -0.733. The van der Waals surface area contributed by atoms with Crippen molar-refractivity contribution in [3.8, 4) is 11.5 Å². The van der Waals surface area contributed by atoms with Gasteiger partial charge in [-0.05, 0) is 19.8 Å². The lowest BCUT2D eigenvalue weighted by atomic mass is 10.1. The lowest BCUT2D eigenvalue weighted by Gasteiger charge is -2.29. The number of nitrogens with zero attached hydrogens (tertiary/aromatic N) is 1. The molecule has 0 saturated heterocycles. The van der Waals surface area contributed by atoms with Gasteiger partial charge in [-0.1, -0.05) is 104 Å². The van der Waals surface area contributed by atoms with Crippen LogP contribution < -0.4 is 14.4 Å². The molecule has 0 bridgehead atoms. The Morgan fingerprint density at radius 1 is 0.667 bits per heavy atom. The highest BCUT2D eigenvalue weighted by molar-refractivity contribution is 5.76. The number of benzene rings is 1. The summed E-state index contributed by atoms with van der Waals surface area (Å²) in [6.07, 6.45) is 19.3. The Labute approximate surface area is 237 Å². The predicted molar refractivity (Wildman–Crippen MR) is 159 cm³/mol. The molecular weight excluding hydrogens is 494 g/mol. The Kier molecular flexibility index (Phi) is 19.9. The second kappa shape index (κ2) is 22.4. The van der Waals surface area contributed by atoms with Crippen molar-refractivity contribution in [3.05, 3.63) is 18.2 Å². The standard InChI is InChI=1S/C32H55NO6/c1-4-6-8-10-12-14-16-18-20-38-29-23-28(33(26-32(36)37)27(3)22-31(34)35)24-30(25-29)39-21-19-17-15-13-11-9-7-5-2/h23-25,27H,4-22,26H2,1-3H3,(H,34,35)(H,36,37). The van der Waals surface area contributed by atoms with E-state index in [9.17, 15) is 19.8 Å². The van der Waals surface area contributed by atoms with Gasteiger partial charge in [0.2, 0.25) is 0 Å². The molecule has 1 unspecified atom stereocenters. The summed E-state index contributed by atoms with van der Waals surface area (Å²) >= 11 is 0. The third kappa shape index (κ3) is 17.7. The van der Waals surface area contributed by atoms with Gasteiger partial charge in [-0.25, -0.2) is 0 Å². The normalized spacial score (nSPS) is 11.8. The number of rotatable bonds is 26. The number of ether oxygens (including phenoxy) is 2. The maximum Gasteiger partial charge on any atom is 0.323 e. The molecule has 1 aromatic rings. The average Bonchev–Trinajstić information content (AvgIpc) is 2.89. The molecule has 0 fully saturated rings. The molecule has 2 N–H and O–H groups in total. The summed E-state index contributed by atoms with van der Waals surface area (Å²) < 4.78 is 12.1. The molecule has 7 heteroatoms. The van der Waals surface area contributed by atoms with Crippen molar-refractivity contribution in [1.29, 1.82) is 0 Å². The number of aliphatic carboxylic acids is 2. The van der Waals surface area contributed by atoms with Gasteiger partial charge in [0.25, 0.3) is 0 Å². The van der Waals surface area contributed by atoms with E-state index in [0.29, 0.717) is 30.4 Å². The van der Waals surface area contributed by atoms with Crippen molar-refractivity contribution >= 4 is 17.6 Å². The quantitative estimate of drug-likeness (QED) is 0.112. The number of hydrogen-bond acceptors (Lipinski definition) is 5. The van der Waals surface area contributed by atoms with Crippen LogP contribution in [0.1, 0.15) is 130 Å². The smallest absolute Gasteiger partial charge is 0.323 e. The second-order valence-corrected chi connectivity index (χ2v) is 10.8. The first-order valence-corrected chi connectivity index (χ1v) is 15.5. The van der Waals surface area contributed by atoms with Crippen LogP contribution in [0.15, 0.2) is 18.2 Å². The van der Waals surface area contributed by atoms with E-state index >= 15 is 0 Å². The largest absolute Gasteiger partial charge is 0.493 e. The highest BCUT2D eigenvalue weighted by Gasteiger charge is 2.21. The van der Waals surface area contributed by atoms with Crippen LogP contribution in [-0.2, 0) is 9.59 Å². The predicted octanol–water partition coefficient (Wildman–Crippen LogP) is 8.48. The summed E-state index contributed by atoms with van der Waals surface area (Å²) in [5, 5.41) is 18.8. The minimum atomic E-state index is -1.01. The van der Waals surface area contributed by atoms with Gasteiger partial charge in [0.1, 0.15) is 18.0 Å². The van der Waals surface area contributed by atoms with Gasteiger partial charge in [0.05, 0.1) is 19.6 Å². The van der Waals surface area contributed by atoms with Crippen molar-refractivity contribution in [2.45, 2.75) is 136 Å². The van der Waals surface area contributed by atoms with E-state index in [1.165, 1.54) is 77.0 Å². The number of carboxylic acid groups (broad SMARTS) is 2. The first-order chi connectivity index (χ1) is 18.9. The molecule has 0 heterocycles. The minimum Gasteiger partial charge on any atom is -0.493 e. The molecule has 0 aliphatic carbocycles. The Morgan fingerprint density at radius 2 is 1.08 bits per heavy atom. The number of hydrogen-bond donors (Lipinski definition) is 2. The maximum absolute atomic E-state index is 11.6. The summed E-state index contributed by atoms with van der Waals surface area (Å²) in [7, 11) is 0. The summed E-state index contributed by atoms with van der Waals surface area (Å²) in [5.41, 5.74) is 0.602. The lowest BCUT2D eigenvalue weighted by molar-refractivity contribution is -0.138. The van der Waals surface area contributed by atoms with Crippen LogP contribution in [0.2, 0.25) is 0 Å². The molecule has 224 valence electrons. The van der Waals surface area contributed by atoms with E-state index in [1.807, 2.05) is 6.07 Å². The fourth-order valence-electron chi connectivity index (χ4n) is 4.75. The number of carboxylic acids is 2. The molecule has 0 saturated carbocycles. The Hall–Kier alpha value is -2.44. The molecule has 1 atom stereocenters. The van der Waals surface area contributed by atoms with Crippen molar-refractivity contribution in [1.82, 2.24) is 0 Å². The lowest BCUT2D eigenvalue weighted by Crippen LogP contribution is -2.38. The Morgan fingerprint density at radius 3 is 1.46 bits per heavy atom. The fraction of sp³-hybridized carbons (Fsp3) is 0.750. The van der Waals surface area contributed by atoms with Gasteiger partial charge in [0.15, 0.2) is 0 Å². The van der Waals surface area contributed by atoms with Gasteiger partial charge in [-0.3, -0.25) is 9.59 Å². The van der Waals surface area contributed by atoms with Crippen molar-refractivity contribution in [2.75, 3.05) is 24.7 Å². The molecule has 0 amide bonds. The summed E-state index contributed by atoms with van der Waals surface area (Å²) in [6, 6.07) is 4.96. The highest BCUT2D eigenvalue weighted by Crippen LogP contribution is 2.31. The Balaban J connectivity index is 2.76. The van der Waals surface area contributed by atoms with E-state index in [2.05, 4.69) is 13.8 Å². The van der Waals surface area contributed by atoms with Crippen LogP contribution >= 0.6 is 0 Å². The molecule has 0 aliphatic rings. The molecule has 0 aliphatic heterocycles. The first kappa shape index (κ1) is 34.6. The first-order valence-electron chi connectivity index (χ1n) is 15.5. The zero-order valence-corrected chi connectivity index (χ0v) is 24.9. The third-order valence-corrected chi connectivity index (χ3v) is 7.04. The zero-order chi connectivity index (χ0) is 28.7. The number of carbonyl (C=O) groups is 2. The van der Waals surface area contributed by atoms with Gasteiger partial charge in [-0.2, -0.15) is 0 Å². The van der Waals surface area contributed by atoms with E-state index in [4.69, 9.17) is 9.47 Å². The molecule has 7 nitrogen and oxygen atoms in total. The minimum absolute atomic E-state index is 0.162. The molecule has 1 aromatic carbocycles. The van der Waals surface area contributed by atoms with Crippen LogP contribution in [0, 0.1) is 0 Å². The third-order valence-electron chi connectivity index (χ3n) is 7.04. The Bertz CT molecular complexity index is 744. The molecule has 39 heavy (non-hydrogen) atoms. The molecule has 0 spiro atoms. The van der Waals surface area contributed by atoms with Crippen LogP contribution in [0.3, 0.4) is 0 Å². The summed E-state index contributed by atoms with van der Waals surface area (Å²) in [6.45, 7) is 7.05. The summed E-state index contributed by atoms with van der Waals surface area (Å²) in [4.78, 5) is 24.5. The van der Waals surface area contributed by atoms with Gasteiger partial charge in [-0.15, -0.1) is 0 Å². The van der Waals surface area contributed by atoms with E-state index < -0.39 is 18.0 Å². The van der Waals surface area contributed by atoms with E-state index in [-0.39, 0.29) is 13.0 Å². The molecule has 1 rings (SSSR count). The monoisotopic (exact) mass is 549 g/mol. The van der Waals surface area contributed by atoms with E-state index in [0.717, 1.165) is 25.7 Å². The van der Waals surface area contributed by atoms with Crippen molar-refractivity contribution < 1.29 is 29.3 Å². The second-order valence-electron chi connectivity index (χ2n) is 10.8. The van der Waals surface area contributed by atoms with Crippen LogP contribution in [0.25, 0.3) is 0 Å². The van der Waals surface area contributed by atoms with Crippen LogP contribution in [-0.4, -0.2) is 48.0 Å². The molecular formula is C32H55NO6. The van der Waals surface area contributed by atoms with Crippen molar-refractivity contribution in [3.63, 3.8) is 0 Å². The van der Waals surface area contributed by atoms with E-state index in [1.54, 1.807) is 24.0 Å². The SMILES string of the molecule is CCCCCCCCCCOc1cc(OCCCCCCCCCC)cc(N(CC(=O)O)C(C)CC(=O)O)c1. The van der Waals surface area contributed by atoms with Gasteiger partial charge < -0.3 is 24.6 Å².